The van der Waals surface area contributed by atoms with E-state index >= 15 is 0 Å². The average molecular weight is 274 g/mol. The number of nitrogens with zero attached hydrogens (tertiary/aromatic N) is 1. The third-order valence-corrected chi connectivity index (χ3v) is 3.46. The zero-order valence-electron chi connectivity index (χ0n) is 10.7. The van der Waals surface area contributed by atoms with Crippen molar-refractivity contribution in [3.8, 4) is 0 Å². The Morgan fingerprint density at radius 3 is 2.72 bits per heavy atom. The molecule has 3 N–H and O–H groups in total. The van der Waals surface area contributed by atoms with Gasteiger partial charge in [0.1, 0.15) is 5.76 Å². The van der Waals surface area contributed by atoms with Crippen molar-refractivity contribution in [2.45, 2.75) is 45.7 Å². The minimum Gasteiger partial charge on any atom is -0.361 e. The number of nitrogens with one attached hydrogen (secondary N) is 1. The lowest BCUT2D eigenvalue weighted by molar-refractivity contribution is -0.125. The van der Waals surface area contributed by atoms with Crippen LogP contribution in [0.15, 0.2) is 4.52 Å². The van der Waals surface area contributed by atoms with Gasteiger partial charge in [-0.1, -0.05) is 5.16 Å². The van der Waals surface area contributed by atoms with Crippen molar-refractivity contribution in [1.82, 2.24) is 10.5 Å². The maximum atomic E-state index is 11.9. The summed E-state index contributed by atoms with van der Waals surface area (Å²) in [6.07, 6.45) is 2.64. The van der Waals surface area contributed by atoms with Crippen LogP contribution in [-0.4, -0.2) is 17.1 Å². The van der Waals surface area contributed by atoms with Crippen LogP contribution in [0.25, 0.3) is 0 Å². The molecule has 1 aromatic heterocycles. The third kappa shape index (κ3) is 3.23. The molecule has 102 valence electrons. The first-order valence-corrected chi connectivity index (χ1v) is 6.03. The molecule has 1 aromatic rings. The number of hydrogen-bond donors (Lipinski definition) is 2. The number of halogens is 1. The normalized spacial score (nSPS) is 22.6. The molecule has 1 aliphatic rings. The van der Waals surface area contributed by atoms with E-state index in [-0.39, 0.29) is 30.3 Å². The van der Waals surface area contributed by atoms with Crippen LogP contribution in [0.1, 0.15) is 36.3 Å². The second-order valence-corrected chi connectivity index (χ2v) is 4.79. The molecule has 1 fully saturated rings. The molecule has 0 radical (unpaired) electrons. The third-order valence-electron chi connectivity index (χ3n) is 3.46. The van der Waals surface area contributed by atoms with Crippen LogP contribution in [0.4, 0.5) is 0 Å². The van der Waals surface area contributed by atoms with Crippen molar-refractivity contribution in [3.63, 3.8) is 0 Å². The highest BCUT2D eigenvalue weighted by molar-refractivity contribution is 5.85. The molecule has 0 aliphatic heterocycles. The van der Waals surface area contributed by atoms with Crippen molar-refractivity contribution in [3.05, 3.63) is 17.0 Å². The molecule has 5 nitrogen and oxygen atoms in total. The monoisotopic (exact) mass is 273 g/mol. The highest BCUT2D eigenvalue weighted by atomic mass is 35.5. The highest BCUT2D eigenvalue weighted by Crippen LogP contribution is 2.24. The van der Waals surface area contributed by atoms with Gasteiger partial charge in [0, 0.05) is 24.1 Å². The summed E-state index contributed by atoms with van der Waals surface area (Å²) in [5.41, 5.74) is 7.61. The molecule has 1 heterocycles. The fraction of sp³-hybridized carbons (Fsp3) is 0.667. The van der Waals surface area contributed by atoms with E-state index in [1.807, 2.05) is 13.8 Å². The first kappa shape index (κ1) is 15.0. The van der Waals surface area contributed by atoms with E-state index in [0.717, 1.165) is 36.3 Å². The maximum absolute atomic E-state index is 11.9. The summed E-state index contributed by atoms with van der Waals surface area (Å²) >= 11 is 0. The number of carbonyl (C=O) groups is 1. The van der Waals surface area contributed by atoms with E-state index < -0.39 is 0 Å². The van der Waals surface area contributed by atoms with Gasteiger partial charge in [0.15, 0.2) is 0 Å². The molecule has 6 heteroatoms. The summed E-state index contributed by atoms with van der Waals surface area (Å²) in [7, 11) is 0. The fourth-order valence-corrected chi connectivity index (χ4v) is 2.33. The van der Waals surface area contributed by atoms with Crippen LogP contribution in [0, 0.1) is 19.8 Å². The summed E-state index contributed by atoms with van der Waals surface area (Å²) in [4.78, 5) is 11.9. The van der Waals surface area contributed by atoms with E-state index in [2.05, 4.69) is 10.5 Å². The average Bonchev–Trinajstić information content (AvgIpc) is 2.84. The summed E-state index contributed by atoms with van der Waals surface area (Å²) in [6, 6.07) is 0.185. The van der Waals surface area contributed by atoms with Crippen LogP contribution in [-0.2, 0) is 11.3 Å². The molecule has 1 amide bonds. The quantitative estimate of drug-likeness (QED) is 0.874. The molecule has 0 bridgehead atoms. The van der Waals surface area contributed by atoms with Crippen LogP contribution >= 0.6 is 12.4 Å². The topological polar surface area (TPSA) is 81.2 Å². The summed E-state index contributed by atoms with van der Waals surface area (Å²) in [5, 5.41) is 6.79. The van der Waals surface area contributed by atoms with E-state index in [1.165, 1.54) is 0 Å². The Kier molecular flexibility index (Phi) is 5.16. The van der Waals surface area contributed by atoms with Crippen molar-refractivity contribution < 1.29 is 9.32 Å². The largest absolute Gasteiger partial charge is 0.361 e. The van der Waals surface area contributed by atoms with Crippen molar-refractivity contribution in [2.24, 2.45) is 11.7 Å². The summed E-state index contributed by atoms with van der Waals surface area (Å²) in [5.74, 6) is 0.939. The van der Waals surface area contributed by atoms with Crippen LogP contribution < -0.4 is 11.1 Å². The number of amides is 1. The number of carbonyl (C=O) groups excluding carboxylic acids is 1. The lowest BCUT2D eigenvalue weighted by atomic mass is 10.1. The van der Waals surface area contributed by atoms with Gasteiger partial charge in [0.25, 0.3) is 0 Å². The Hall–Kier alpha value is -1.07. The van der Waals surface area contributed by atoms with Gasteiger partial charge in [0.2, 0.25) is 5.91 Å². The van der Waals surface area contributed by atoms with Gasteiger partial charge in [-0.3, -0.25) is 4.79 Å². The molecule has 2 unspecified atom stereocenters. The Morgan fingerprint density at radius 2 is 2.22 bits per heavy atom. The number of hydrogen-bond acceptors (Lipinski definition) is 4. The number of aromatic nitrogens is 1. The maximum Gasteiger partial charge on any atom is 0.223 e. The first-order valence-electron chi connectivity index (χ1n) is 6.03. The van der Waals surface area contributed by atoms with Gasteiger partial charge in [-0.25, -0.2) is 0 Å². The number of rotatable bonds is 3. The molecule has 0 spiro atoms. The molecule has 1 aliphatic carbocycles. The second-order valence-electron chi connectivity index (χ2n) is 4.79. The molecule has 0 saturated heterocycles. The number of aryl methyl sites for hydroxylation is 2. The Morgan fingerprint density at radius 1 is 1.50 bits per heavy atom. The second kappa shape index (κ2) is 6.20. The smallest absolute Gasteiger partial charge is 0.223 e. The molecular formula is C12H20ClN3O2. The van der Waals surface area contributed by atoms with Crippen LogP contribution in [0.3, 0.4) is 0 Å². The zero-order valence-corrected chi connectivity index (χ0v) is 11.5. The van der Waals surface area contributed by atoms with Gasteiger partial charge >= 0.3 is 0 Å². The summed E-state index contributed by atoms with van der Waals surface area (Å²) < 4.78 is 5.05. The Balaban J connectivity index is 0.00000162. The number of nitrogens with two attached hydrogens (primary N) is 1. The predicted octanol–water partition coefficient (Wildman–Crippen LogP) is 1.46. The van der Waals surface area contributed by atoms with Crippen molar-refractivity contribution >= 4 is 18.3 Å². The Labute approximate surface area is 113 Å². The fourth-order valence-electron chi connectivity index (χ4n) is 2.33. The predicted molar refractivity (Wildman–Crippen MR) is 70.4 cm³/mol. The minimum absolute atomic E-state index is 0. The van der Waals surface area contributed by atoms with Gasteiger partial charge in [-0.05, 0) is 33.1 Å². The van der Waals surface area contributed by atoms with Crippen molar-refractivity contribution in [1.29, 1.82) is 0 Å². The molecule has 0 aromatic carbocycles. The van der Waals surface area contributed by atoms with E-state index in [9.17, 15) is 4.79 Å². The van der Waals surface area contributed by atoms with Gasteiger partial charge < -0.3 is 15.6 Å². The molecule has 2 atom stereocenters. The highest BCUT2D eigenvalue weighted by Gasteiger charge is 2.27. The molecule has 1 saturated carbocycles. The van der Waals surface area contributed by atoms with Crippen molar-refractivity contribution in [2.75, 3.05) is 0 Å². The van der Waals surface area contributed by atoms with Gasteiger partial charge in [-0.2, -0.15) is 0 Å². The SMILES string of the molecule is Cc1noc(C)c1CNC(=O)C1CCC(N)C1.Cl. The summed E-state index contributed by atoms with van der Waals surface area (Å²) in [6.45, 7) is 4.22. The van der Waals surface area contributed by atoms with E-state index in [1.54, 1.807) is 0 Å². The van der Waals surface area contributed by atoms with E-state index in [0.29, 0.717) is 6.54 Å². The van der Waals surface area contributed by atoms with Crippen LogP contribution in [0.5, 0.6) is 0 Å². The minimum atomic E-state index is 0. The molecular weight excluding hydrogens is 254 g/mol. The molecule has 2 rings (SSSR count). The lowest BCUT2D eigenvalue weighted by Crippen LogP contribution is -2.30. The zero-order chi connectivity index (χ0) is 12.4. The van der Waals surface area contributed by atoms with Gasteiger partial charge in [0.05, 0.1) is 5.69 Å². The lowest BCUT2D eigenvalue weighted by Gasteiger charge is -2.10. The van der Waals surface area contributed by atoms with E-state index in [4.69, 9.17) is 10.3 Å². The Bertz CT molecular complexity index is 400. The standard InChI is InChI=1S/C12H19N3O2.ClH/c1-7-11(8(2)17-15-7)6-14-12(16)9-3-4-10(13)5-9;/h9-10H,3-6,13H2,1-2H3,(H,14,16);1H. The van der Waals surface area contributed by atoms with Gasteiger partial charge in [-0.15, -0.1) is 12.4 Å². The first-order chi connectivity index (χ1) is 8.08. The van der Waals surface area contributed by atoms with Crippen LogP contribution in [0.2, 0.25) is 0 Å². The molecule has 18 heavy (non-hydrogen) atoms.